The third kappa shape index (κ3) is 2.98. The normalized spacial score (nSPS) is 23.1. The SMILES string of the molecule is CC1(C)CN(c2nc(N)nc(Cl)n2)CC(CO)O1. The van der Waals surface area contributed by atoms with E-state index in [1.807, 2.05) is 18.7 Å². The van der Waals surface area contributed by atoms with Gasteiger partial charge in [-0.05, 0) is 25.4 Å². The van der Waals surface area contributed by atoms with Crippen LogP contribution in [0.5, 0.6) is 0 Å². The van der Waals surface area contributed by atoms with Crippen molar-refractivity contribution in [2.75, 3.05) is 30.3 Å². The van der Waals surface area contributed by atoms with Crippen LogP contribution in [0.1, 0.15) is 13.8 Å². The fraction of sp³-hybridized carbons (Fsp3) is 0.700. The molecule has 1 aromatic rings. The Bertz CT molecular complexity index is 422. The molecule has 1 fully saturated rings. The Morgan fingerprint density at radius 1 is 1.50 bits per heavy atom. The second kappa shape index (κ2) is 4.83. The van der Waals surface area contributed by atoms with E-state index in [-0.39, 0.29) is 23.9 Å². The maximum Gasteiger partial charge on any atom is 0.231 e. The van der Waals surface area contributed by atoms with Crippen LogP contribution in [0, 0.1) is 0 Å². The molecule has 7 nitrogen and oxygen atoms in total. The topological polar surface area (TPSA) is 97.4 Å². The van der Waals surface area contributed by atoms with Crippen molar-refractivity contribution in [3.8, 4) is 0 Å². The summed E-state index contributed by atoms with van der Waals surface area (Å²) >= 11 is 5.76. The second-order valence-corrected chi connectivity index (χ2v) is 5.16. The zero-order chi connectivity index (χ0) is 13.3. The van der Waals surface area contributed by atoms with Crippen molar-refractivity contribution < 1.29 is 9.84 Å². The van der Waals surface area contributed by atoms with Gasteiger partial charge in [0.15, 0.2) is 0 Å². The number of hydrogen-bond acceptors (Lipinski definition) is 7. The molecular formula is C10H16ClN5O2. The molecule has 2 heterocycles. The van der Waals surface area contributed by atoms with Crippen molar-refractivity contribution in [1.82, 2.24) is 15.0 Å². The Hall–Kier alpha value is -1.18. The van der Waals surface area contributed by atoms with Crippen LogP contribution in [-0.4, -0.2) is 51.5 Å². The fourth-order valence-corrected chi connectivity index (χ4v) is 2.20. The molecule has 0 amide bonds. The van der Waals surface area contributed by atoms with Crippen LogP contribution in [0.2, 0.25) is 5.28 Å². The van der Waals surface area contributed by atoms with Gasteiger partial charge in [-0.1, -0.05) is 0 Å². The predicted molar refractivity (Wildman–Crippen MR) is 67.5 cm³/mol. The number of hydrogen-bond donors (Lipinski definition) is 2. The number of morpholine rings is 1. The number of nitrogen functional groups attached to an aromatic ring is 1. The third-order valence-corrected chi connectivity index (χ3v) is 2.75. The van der Waals surface area contributed by atoms with E-state index in [0.717, 1.165) is 0 Å². The largest absolute Gasteiger partial charge is 0.394 e. The Kier molecular flexibility index (Phi) is 3.56. The van der Waals surface area contributed by atoms with E-state index in [0.29, 0.717) is 19.0 Å². The molecule has 1 aliphatic rings. The molecule has 0 radical (unpaired) electrons. The van der Waals surface area contributed by atoms with Gasteiger partial charge in [-0.15, -0.1) is 0 Å². The molecular weight excluding hydrogens is 258 g/mol. The molecule has 0 aliphatic carbocycles. The molecule has 1 unspecified atom stereocenters. The first-order chi connectivity index (χ1) is 8.39. The molecule has 8 heteroatoms. The zero-order valence-electron chi connectivity index (χ0n) is 10.3. The molecule has 18 heavy (non-hydrogen) atoms. The lowest BCUT2D eigenvalue weighted by molar-refractivity contribution is -0.101. The van der Waals surface area contributed by atoms with E-state index < -0.39 is 5.60 Å². The highest BCUT2D eigenvalue weighted by molar-refractivity contribution is 6.28. The highest BCUT2D eigenvalue weighted by Crippen LogP contribution is 2.24. The van der Waals surface area contributed by atoms with Crippen molar-refractivity contribution in [2.45, 2.75) is 25.6 Å². The molecule has 0 bridgehead atoms. The van der Waals surface area contributed by atoms with E-state index in [2.05, 4.69) is 15.0 Å². The maximum absolute atomic E-state index is 9.24. The summed E-state index contributed by atoms with van der Waals surface area (Å²) in [6.45, 7) is 4.89. The summed E-state index contributed by atoms with van der Waals surface area (Å²) in [5.74, 6) is 0.483. The van der Waals surface area contributed by atoms with Gasteiger partial charge in [0, 0.05) is 13.1 Å². The number of nitrogens with zero attached hydrogens (tertiary/aromatic N) is 4. The lowest BCUT2D eigenvalue weighted by Gasteiger charge is -2.42. The van der Waals surface area contributed by atoms with Gasteiger partial charge in [-0.2, -0.15) is 15.0 Å². The second-order valence-electron chi connectivity index (χ2n) is 4.83. The average molecular weight is 274 g/mol. The van der Waals surface area contributed by atoms with Gasteiger partial charge in [-0.25, -0.2) is 0 Å². The molecule has 0 aromatic carbocycles. The molecule has 100 valence electrons. The van der Waals surface area contributed by atoms with Crippen molar-refractivity contribution in [3.05, 3.63) is 5.28 Å². The van der Waals surface area contributed by atoms with E-state index in [9.17, 15) is 5.11 Å². The highest BCUT2D eigenvalue weighted by atomic mass is 35.5. The first kappa shape index (κ1) is 13.3. The number of halogens is 1. The highest BCUT2D eigenvalue weighted by Gasteiger charge is 2.34. The Labute approximate surface area is 110 Å². The summed E-state index contributed by atoms with van der Waals surface area (Å²) in [5.41, 5.74) is 5.14. The molecule has 1 atom stereocenters. The van der Waals surface area contributed by atoms with Crippen LogP contribution in [0.15, 0.2) is 0 Å². The van der Waals surface area contributed by atoms with Crippen LogP contribution >= 0.6 is 11.6 Å². The van der Waals surface area contributed by atoms with Crippen LogP contribution < -0.4 is 10.6 Å². The molecule has 0 spiro atoms. The number of aliphatic hydroxyl groups excluding tert-OH is 1. The van der Waals surface area contributed by atoms with E-state index in [4.69, 9.17) is 22.1 Å². The predicted octanol–water partition coefficient (Wildman–Crippen LogP) is 0.0833. The lowest BCUT2D eigenvalue weighted by Crippen LogP contribution is -2.54. The van der Waals surface area contributed by atoms with Crippen molar-refractivity contribution in [1.29, 1.82) is 0 Å². The molecule has 3 N–H and O–H groups in total. The summed E-state index contributed by atoms with van der Waals surface area (Å²) in [7, 11) is 0. The Balaban J connectivity index is 2.26. The summed E-state index contributed by atoms with van der Waals surface area (Å²) in [4.78, 5) is 13.7. The number of nitrogens with two attached hydrogens (primary N) is 1. The van der Waals surface area contributed by atoms with E-state index in [1.165, 1.54) is 0 Å². The van der Waals surface area contributed by atoms with Gasteiger partial charge in [-0.3, -0.25) is 0 Å². The molecule has 2 rings (SSSR count). The Morgan fingerprint density at radius 2 is 2.22 bits per heavy atom. The average Bonchev–Trinajstić information content (AvgIpc) is 2.25. The zero-order valence-corrected chi connectivity index (χ0v) is 11.1. The number of aromatic nitrogens is 3. The van der Waals surface area contributed by atoms with Crippen LogP contribution in [0.4, 0.5) is 11.9 Å². The van der Waals surface area contributed by atoms with E-state index >= 15 is 0 Å². The van der Waals surface area contributed by atoms with Crippen molar-refractivity contribution >= 4 is 23.5 Å². The van der Waals surface area contributed by atoms with Crippen LogP contribution in [-0.2, 0) is 4.74 Å². The van der Waals surface area contributed by atoms with Gasteiger partial charge in [0.25, 0.3) is 0 Å². The van der Waals surface area contributed by atoms with E-state index in [1.54, 1.807) is 0 Å². The number of anilines is 2. The fourth-order valence-electron chi connectivity index (χ4n) is 2.04. The lowest BCUT2D eigenvalue weighted by atomic mass is 10.1. The smallest absolute Gasteiger partial charge is 0.231 e. The molecule has 1 saturated heterocycles. The van der Waals surface area contributed by atoms with Crippen molar-refractivity contribution in [3.63, 3.8) is 0 Å². The van der Waals surface area contributed by atoms with Crippen LogP contribution in [0.25, 0.3) is 0 Å². The summed E-state index contributed by atoms with van der Waals surface area (Å²) in [5, 5.41) is 9.30. The number of aliphatic hydroxyl groups is 1. The van der Waals surface area contributed by atoms with Crippen molar-refractivity contribution in [2.24, 2.45) is 0 Å². The summed E-state index contributed by atoms with van der Waals surface area (Å²) in [6, 6.07) is 0. The molecule has 0 saturated carbocycles. The summed E-state index contributed by atoms with van der Waals surface area (Å²) < 4.78 is 5.71. The van der Waals surface area contributed by atoms with Crippen LogP contribution in [0.3, 0.4) is 0 Å². The number of ether oxygens (including phenoxy) is 1. The minimum Gasteiger partial charge on any atom is -0.394 e. The standard InChI is InChI=1S/C10H16ClN5O2/c1-10(2)5-16(3-6(4-17)18-10)9-14-7(11)13-8(12)15-9/h6,17H,3-5H2,1-2H3,(H2,12,13,14,15). The minimum absolute atomic E-state index is 0.0577. The van der Waals surface area contributed by atoms with Gasteiger partial charge in [0.2, 0.25) is 17.2 Å². The first-order valence-electron chi connectivity index (χ1n) is 5.60. The van der Waals surface area contributed by atoms with Gasteiger partial charge >= 0.3 is 0 Å². The van der Waals surface area contributed by atoms with Gasteiger partial charge in [0.05, 0.1) is 18.3 Å². The quantitative estimate of drug-likeness (QED) is 0.788. The Morgan fingerprint density at radius 3 is 2.83 bits per heavy atom. The van der Waals surface area contributed by atoms with Gasteiger partial charge < -0.3 is 20.5 Å². The molecule has 1 aromatic heterocycles. The monoisotopic (exact) mass is 273 g/mol. The first-order valence-corrected chi connectivity index (χ1v) is 5.98. The third-order valence-electron chi connectivity index (χ3n) is 2.58. The van der Waals surface area contributed by atoms with Gasteiger partial charge in [0.1, 0.15) is 0 Å². The molecule has 1 aliphatic heterocycles. The minimum atomic E-state index is -0.403. The summed E-state index contributed by atoms with van der Waals surface area (Å²) in [6.07, 6.45) is -0.287. The number of rotatable bonds is 2. The maximum atomic E-state index is 9.24.